The Hall–Kier alpha value is -1.38. The number of nitrogens with one attached hydrogen (secondary N) is 1. The van der Waals surface area contributed by atoms with Crippen LogP contribution < -0.4 is 5.32 Å². The van der Waals surface area contributed by atoms with Gasteiger partial charge in [-0.15, -0.1) is 0 Å². The molecule has 0 aromatic carbocycles. The van der Waals surface area contributed by atoms with Gasteiger partial charge in [-0.1, -0.05) is 6.07 Å². The summed E-state index contributed by atoms with van der Waals surface area (Å²) < 4.78 is 0. The molecule has 1 aliphatic rings. The van der Waals surface area contributed by atoms with Crippen LogP contribution in [0.2, 0.25) is 0 Å². The molecule has 2 heterocycles. The molecule has 0 saturated carbocycles. The van der Waals surface area contributed by atoms with Gasteiger partial charge in [0.1, 0.15) is 11.5 Å². The van der Waals surface area contributed by atoms with Gasteiger partial charge in [-0.25, -0.2) is 4.98 Å². The number of nitrogens with zero attached hydrogens (tertiary/aromatic N) is 1. The van der Waals surface area contributed by atoms with Crippen molar-refractivity contribution in [1.82, 2.24) is 4.98 Å². The zero-order valence-corrected chi connectivity index (χ0v) is 4.59. The minimum Gasteiger partial charge on any atom is -0.305 e. The molecule has 9 heavy (non-hydrogen) atoms. The third-order valence-electron chi connectivity index (χ3n) is 1.22. The fourth-order valence-electron chi connectivity index (χ4n) is 0.811. The molecule has 2 rings (SSSR count). The monoisotopic (exact) mass is 120 g/mol. The average molecular weight is 120 g/mol. The fourth-order valence-corrected chi connectivity index (χ4v) is 0.811. The molecule has 0 unspecified atom stereocenters. The van der Waals surface area contributed by atoms with Crippen LogP contribution in [0.15, 0.2) is 18.2 Å². The van der Waals surface area contributed by atoms with Gasteiger partial charge in [0, 0.05) is 0 Å². The summed E-state index contributed by atoms with van der Waals surface area (Å²) in [5.74, 6) is 0.549. The molecule has 1 aliphatic heterocycles. The number of amides is 1. The number of aromatic nitrogens is 1. The third-order valence-corrected chi connectivity index (χ3v) is 1.22. The second-order valence-corrected chi connectivity index (χ2v) is 1.86. The molecule has 1 amide bonds. The lowest BCUT2D eigenvalue weighted by atomic mass is 10.4. The third kappa shape index (κ3) is 0.512. The summed E-state index contributed by atoms with van der Waals surface area (Å²) >= 11 is 0. The van der Waals surface area contributed by atoms with Gasteiger partial charge in [0.05, 0.1) is 0 Å². The van der Waals surface area contributed by atoms with Gasteiger partial charge < -0.3 is 5.32 Å². The Balaban J connectivity index is 2.69. The van der Waals surface area contributed by atoms with E-state index in [1.54, 1.807) is 18.2 Å². The van der Waals surface area contributed by atoms with Gasteiger partial charge in [-0.05, 0) is 12.1 Å². The topological polar surface area (TPSA) is 42.0 Å². The maximum atomic E-state index is 10.7. The van der Waals surface area contributed by atoms with Crippen molar-refractivity contribution in [2.75, 3.05) is 5.32 Å². The second kappa shape index (κ2) is 1.31. The van der Waals surface area contributed by atoms with E-state index in [0.717, 1.165) is 0 Å². The molecule has 0 radical (unpaired) electrons. The second-order valence-electron chi connectivity index (χ2n) is 1.86. The van der Waals surface area contributed by atoms with Crippen molar-refractivity contribution in [2.24, 2.45) is 0 Å². The standard InChI is InChI=1S/C6H4N2O/c9-6-4-2-1-3-5(7-4)8-6/h1-3H,(H,7,8,9). The van der Waals surface area contributed by atoms with E-state index in [9.17, 15) is 4.79 Å². The Morgan fingerprint density at radius 2 is 2.33 bits per heavy atom. The molecular formula is C6H4N2O. The van der Waals surface area contributed by atoms with E-state index in [-0.39, 0.29) is 5.91 Å². The summed E-state index contributed by atoms with van der Waals surface area (Å²) in [5.41, 5.74) is 0.507. The van der Waals surface area contributed by atoms with E-state index in [1.807, 2.05) is 0 Å². The molecule has 44 valence electrons. The van der Waals surface area contributed by atoms with Crippen molar-refractivity contribution in [1.29, 1.82) is 0 Å². The van der Waals surface area contributed by atoms with Crippen molar-refractivity contribution in [3.8, 4) is 0 Å². The van der Waals surface area contributed by atoms with Crippen LogP contribution in [-0.2, 0) is 0 Å². The highest BCUT2D eigenvalue weighted by molar-refractivity contribution is 6.05. The lowest BCUT2D eigenvalue weighted by Gasteiger charge is -1.83. The molecular weight excluding hydrogens is 116 g/mol. The Bertz CT molecular complexity index is 270. The van der Waals surface area contributed by atoms with Crippen LogP contribution in [0.1, 0.15) is 10.5 Å². The Kier molecular flexibility index (Phi) is 0.656. The predicted octanol–water partition coefficient (Wildman–Crippen LogP) is 0.647. The first-order chi connectivity index (χ1) is 4.36. The lowest BCUT2D eigenvalue weighted by Crippen LogP contribution is -2.02. The SMILES string of the molecule is O=C1Nc2cccc1n2. The maximum absolute atomic E-state index is 10.7. The molecule has 0 aliphatic carbocycles. The fraction of sp³-hybridized carbons (Fsp3) is 0. The molecule has 0 saturated heterocycles. The van der Waals surface area contributed by atoms with Crippen LogP contribution >= 0.6 is 0 Å². The van der Waals surface area contributed by atoms with E-state index in [1.165, 1.54) is 0 Å². The molecule has 1 aromatic rings. The van der Waals surface area contributed by atoms with Crippen LogP contribution in [0, 0.1) is 0 Å². The summed E-state index contributed by atoms with van der Waals surface area (Å²) in [6.07, 6.45) is 0. The molecule has 0 fully saturated rings. The Labute approximate surface area is 51.7 Å². The van der Waals surface area contributed by atoms with Crippen molar-refractivity contribution >= 4 is 11.7 Å². The molecule has 2 bridgehead atoms. The largest absolute Gasteiger partial charge is 0.305 e. The van der Waals surface area contributed by atoms with Crippen molar-refractivity contribution < 1.29 is 4.79 Å². The number of anilines is 1. The summed E-state index contributed by atoms with van der Waals surface area (Å²) in [4.78, 5) is 14.6. The molecule has 3 heteroatoms. The minimum atomic E-state index is -0.102. The van der Waals surface area contributed by atoms with Crippen LogP contribution in [0.25, 0.3) is 0 Å². The first kappa shape index (κ1) is 4.49. The predicted molar refractivity (Wildman–Crippen MR) is 32.2 cm³/mol. The maximum Gasteiger partial charge on any atom is 0.275 e. The van der Waals surface area contributed by atoms with Crippen molar-refractivity contribution in [3.63, 3.8) is 0 Å². The van der Waals surface area contributed by atoms with Gasteiger partial charge in [-0.3, -0.25) is 4.79 Å². The molecule has 1 N–H and O–H groups in total. The van der Waals surface area contributed by atoms with Crippen molar-refractivity contribution in [2.45, 2.75) is 0 Å². The summed E-state index contributed by atoms with van der Waals surface area (Å²) in [6, 6.07) is 5.25. The quantitative estimate of drug-likeness (QED) is 0.546. The van der Waals surface area contributed by atoms with Gasteiger partial charge >= 0.3 is 0 Å². The number of pyridine rings is 1. The molecule has 0 atom stereocenters. The average Bonchev–Trinajstić information content (AvgIpc) is 2.09. The zero-order valence-electron chi connectivity index (χ0n) is 4.59. The van der Waals surface area contributed by atoms with E-state index in [0.29, 0.717) is 11.5 Å². The summed E-state index contributed by atoms with van der Waals surface area (Å²) in [5, 5.41) is 2.57. The van der Waals surface area contributed by atoms with Gasteiger partial charge in [0.25, 0.3) is 5.91 Å². The summed E-state index contributed by atoms with van der Waals surface area (Å²) in [6.45, 7) is 0. The number of carbonyl (C=O) groups is 1. The van der Waals surface area contributed by atoms with E-state index < -0.39 is 0 Å². The molecule has 0 spiro atoms. The normalized spacial score (nSPS) is 13.6. The number of fused-ring (bicyclic) bond motifs is 2. The van der Waals surface area contributed by atoms with E-state index in [4.69, 9.17) is 0 Å². The van der Waals surface area contributed by atoms with Crippen LogP contribution in [-0.4, -0.2) is 10.9 Å². The van der Waals surface area contributed by atoms with E-state index in [2.05, 4.69) is 10.3 Å². The minimum absolute atomic E-state index is 0.102. The van der Waals surface area contributed by atoms with E-state index >= 15 is 0 Å². The highest BCUT2D eigenvalue weighted by Gasteiger charge is 2.14. The first-order valence-electron chi connectivity index (χ1n) is 2.65. The Morgan fingerprint density at radius 1 is 1.44 bits per heavy atom. The smallest absolute Gasteiger partial charge is 0.275 e. The first-order valence-corrected chi connectivity index (χ1v) is 2.65. The highest BCUT2D eigenvalue weighted by atomic mass is 16.2. The van der Waals surface area contributed by atoms with Gasteiger partial charge in [0.2, 0.25) is 0 Å². The zero-order chi connectivity index (χ0) is 6.27. The molecule has 3 nitrogen and oxygen atoms in total. The molecule has 1 aromatic heterocycles. The van der Waals surface area contributed by atoms with Crippen LogP contribution in [0.5, 0.6) is 0 Å². The van der Waals surface area contributed by atoms with Gasteiger partial charge in [-0.2, -0.15) is 0 Å². The number of carbonyl (C=O) groups excluding carboxylic acids is 1. The van der Waals surface area contributed by atoms with Crippen LogP contribution in [0.3, 0.4) is 0 Å². The lowest BCUT2D eigenvalue weighted by molar-refractivity contribution is 0.102. The number of hydrogen-bond donors (Lipinski definition) is 1. The van der Waals surface area contributed by atoms with Crippen LogP contribution in [0.4, 0.5) is 5.82 Å². The number of hydrogen-bond acceptors (Lipinski definition) is 2. The number of rotatable bonds is 0. The highest BCUT2D eigenvalue weighted by Crippen LogP contribution is 2.12. The van der Waals surface area contributed by atoms with Gasteiger partial charge in [0.15, 0.2) is 0 Å². The Morgan fingerprint density at radius 3 is 3.00 bits per heavy atom. The van der Waals surface area contributed by atoms with Crippen molar-refractivity contribution in [3.05, 3.63) is 23.9 Å². The summed E-state index contributed by atoms with van der Waals surface area (Å²) in [7, 11) is 0.